The minimum atomic E-state index is -2.65. The fraction of sp³-hybridized carbons (Fsp3) is 1.00. The minimum Gasteiger partial charge on any atom is -0.295 e. The molecule has 1 aliphatic rings. The average molecular weight is 319 g/mol. The number of nitrogens with zero attached hydrogens (tertiary/aromatic N) is 3. The van der Waals surface area contributed by atoms with E-state index >= 15 is 0 Å². The van der Waals surface area contributed by atoms with Crippen molar-refractivity contribution in [3.05, 3.63) is 30.3 Å². The number of nitro groups is 2. The van der Waals surface area contributed by atoms with Crippen molar-refractivity contribution in [3.63, 3.8) is 0 Å². The van der Waals surface area contributed by atoms with Crippen molar-refractivity contribution in [2.24, 2.45) is 0 Å². The summed E-state index contributed by atoms with van der Waals surface area (Å²) in [7, 11) is 0. The Balaban J connectivity index is 3.06. The van der Waals surface area contributed by atoms with Crippen LogP contribution in [0, 0.1) is 30.3 Å². The van der Waals surface area contributed by atoms with Gasteiger partial charge in [0.05, 0.1) is 6.42 Å². The molecule has 0 spiro atoms. The first-order valence-corrected chi connectivity index (χ1v) is 7.51. The Bertz CT molecular complexity index is 402. The highest BCUT2D eigenvalue weighted by atomic mass is 17.0. The van der Waals surface area contributed by atoms with Crippen LogP contribution in [0.1, 0.15) is 64.2 Å². The predicted molar refractivity (Wildman–Crippen MR) is 74.8 cm³/mol. The summed E-state index contributed by atoms with van der Waals surface area (Å²) in [6.45, 7) is 0. The molecule has 1 aliphatic carbocycles. The van der Waals surface area contributed by atoms with Gasteiger partial charge in [0.15, 0.2) is 0 Å². The fourth-order valence-corrected chi connectivity index (χ4v) is 2.89. The van der Waals surface area contributed by atoms with Crippen molar-refractivity contribution in [1.82, 2.24) is 0 Å². The monoisotopic (exact) mass is 319 g/mol. The van der Waals surface area contributed by atoms with Crippen LogP contribution in [0.5, 0.6) is 0 Å². The fourth-order valence-electron chi connectivity index (χ4n) is 2.89. The van der Waals surface area contributed by atoms with Gasteiger partial charge in [0.25, 0.3) is 5.09 Å². The zero-order valence-corrected chi connectivity index (χ0v) is 12.3. The lowest BCUT2D eigenvalue weighted by atomic mass is 9.91. The first-order chi connectivity index (χ1) is 10.4. The molecule has 0 bridgehead atoms. The maximum atomic E-state index is 11.4. The van der Waals surface area contributed by atoms with Gasteiger partial charge in [0, 0.05) is 0 Å². The van der Waals surface area contributed by atoms with E-state index in [1.165, 1.54) is 0 Å². The normalized spacial score (nSPS) is 23.5. The zero-order chi connectivity index (χ0) is 16.6. The van der Waals surface area contributed by atoms with Gasteiger partial charge in [-0.05, 0) is 12.8 Å². The molecule has 0 saturated heterocycles. The lowest BCUT2D eigenvalue weighted by molar-refractivity contribution is -0.851. The van der Waals surface area contributed by atoms with Crippen molar-refractivity contribution in [1.29, 1.82) is 0 Å². The van der Waals surface area contributed by atoms with Crippen LogP contribution in [0.15, 0.2) is 0 Å². The molecule has 0 radical (unpaired) electrons. The van der Waals surface area contributed by atoms with Crippen LogP contribution >= 0.6 is 0 Å². The van der Waals surface area contributed by atoms with Crippen LogP contribution in [0.4, 0.5) is 0 Å². The highest BCUT2D eigenvalue weighted by Crippen LogP contribution is 2.31. The van der Waals surface area contributed by atoms with Crippen LogP contribution in [0.25, 0.3) is 0 Å². The first kappa shape index (κ1) is 18.1. The number of hydrogen-bond donors (Lipinski definition) is 0. The van der Waals surface area contributed by atoms with Gasteiger partial charge in [-0.25, -0.2) is 0 Å². The van der Waals surface area contributed by atoms with E-state index in [1.54, 1.807) is 0 Å². The molecule has 0 aromatic rings. The zero-order valence-electron chi connectivity index (χ0n) is 12.3. The van der Waals surface area contributed by atoms with Gasteiger partial charge in [-0.1, -0.05) is 44.9 Å². The van der Waals surface area contributed by atoms with E-state index in [-0.39, 0.29) is 19.3 Å². The van der Waals surface area contributed by atoms with Gasteiger partial charge in [-0.3, -0.25) is 25.1 Å². The predicted octanol–water partition coefficient (Wildman–Crippen LogP) is 2.73. The van der Waals surface area contributed by atoms with Crippen LogP contribution in [-0.2, 0) is 4.84 Å². The average Bonchev–Trinajstić information content (AvgIpc) is 2.40. The Morgan fingerprint density at radius 2 is 1.23 bits per heavy atom. The summed E-state index contributed by atoms with van der Waals surface area (Å²) in [4.78, 5) is 35.7. The van der Waals surface area contributed by atoms with E-state index in [2.05, 4.69) is 4.84 Å². The molecule has 1 fully saturated rings. The third-order valence-electron chi connectivity index (χ3n) is 4.12. The second kappa shape index (κ2) is 8.44. The Kier molecular flexibility index (Phi) is 6.93. The van der Waals surface area contributed by atoms with Crippen LogP contribution < -0.4 is 0 Å². The summed E-state index contributed by atoms with van der Waals surface area (Å²) in [6, 6.07) is 0. The number of rotatable bonds is 4. The first-order valence-electron chi connectivity index (χ1n) is 7.51. The molecule has 22 heavy (non-hydrogen) atoms. The quantitative estimate of drug-likeness (QED) is 0.441. The van der Waals surface area contributed by atoms with Crippen molar-refractivity contribution < 1.29 is 19.8 Å². The maximum Gasteiger partial charge on any atom is 0.484 e. The molecule has 0 aliphatic heterocycles. The lowest BCUT2D eigenvalue weighted by Crippen LogP contribution is -2.57. The van der Waals surface area contributed by atoms with Crippen LogP contribution in [0.2, 0.25) is 0 Å². The summed E-state index contributed by atoms with van der Waals surface area (Å²) < 4.78 is 0. The second-order valence-corrected chi connectivity index (χ2v) is 5.58. The molecule has 1 saturated carbocycles. The third kappa shape index (κ3) is 4.50. The van der Waals surface area contributed by atoms with E-state index in [4.69, 9.17) is 0 Å². The van der Waals surface area contributed by atoms with Gasteiger partial charge in [0.1, 0.15) is 9.85 Å². The SMILES string of the molecule is O=[N+]([O-])OC1CCCCCCCCCCC1([N+](=O)[O-])[N+](=O)[O-]. The molecule has 0 amide bonds. The molecule has 1 atom stereocenters. The van der Waals surface area contributed by atoms with E-state index in [0.29, 0.717) is 12.8 Å². The van der Waals surface area contributed by atoms with Crippen LogP contribution in [0.3, 0.4) is 0 Å². The standard InChI is InChI=1S/C12H21N3O7/c16-13(17)12(14(18)19)10-8-6-4-2-1-3-5-7-9-11(12)22-15(20)21/h11H,1-10H2. The Morgan fingerprint density at radius 3 is 1.68 bits per heavy atom. The summed E-state index contributed by atoms with van der Waals surface area (Å²) in [5, 5.41) is 32.2. The molecule has 0 aromatic carbocycles. The smallest absolute Gasteiger partial charge is 0.295 e. The Labute approximate surface area is 127 Å². The molecular formula is C12H21N3O7. The molecular weight excluding hydrogens is 298 g/mol. The molecule has 0 aromatic heterocycles. The molecule has 0 heterocycles. The van der Waals surface area contributed by atoms with E-state index < -0.39 is 26.7 Å². The third-order valence-corrected chi connectivity index (χ3v) is 4.12. The van der Waals surface area contributed by atoms with E-state index in [0.717, 1.165) is 32.1 Å². The number of hydrogen-bond acceptors (Lipinski definition) is 7. The largest absolute Gasteiger partial charge is 0.484 e. The maximum absolute atomic E-state index is 11.4. The highest BCUT2D eigenvalue weighted by molar-refractivity contribution is 4.79. The second-order valence-electron chi connectivity index (χ2n) is 5.58. The summed E-state index contributed by atoms with van der Waals surface area (Å²) in [5.74, 6) is 0. The minimum absolute atomic E-state index is 0.0665. The van der Waals surface area contributed by atoms with Crippen molar-refractivity contribution in [2.45, 2.75) is 76.0 Å². The van der Waals surface area contributed by atoms with E-state index in [9.17, 15) is 30.3 Å². The van der Waals surface area contributed by atoms with Gasteiger partial charge >= 0.3 is 5.66 Å². The Hall–Kier alpha value is -2.00. The van der Waals surface area contributed by atoms with Crippen LogP contribution in [-0.4, -0.2) is 26.7 Å². The molecule has 10 heteroatoms. The molecule has 0 N–H and O–H groups in total. The lowest BCUT2D eigenvalue weighted by Gasteiger charge is -2.24. The Morgan fingerprint density at radius 1 is 0.773 bits per heavy atom. The molecule has 1 unspecified atom stereocenters. The summed E-state index contributed by atoms with van der Waals surface area (Å²) in [5.41, 5.74) is -2.65. The van der Waals surface area contributed by atoms with Crippen molar-refractivity contribution in [3.8, 4) is 0 Å². The van der Waals surface area contributed by atoms with Gasteiger partial charge in [-0.2, -0.15) is 0 Å². The summed E-state index contributed by atoms with van der Waals surface area (Å²) in [6.07, 6.45) is 3.79. The van der Waals surface area contributed by atoms with Crippen molar-refractivity contribution in [2.75, 3.05) is 0 Å². The van der Waals surface area contributed by atoms with Gasteiger partial charge < -0.3 is 0 Å². The highest BCUT2D eigenvalue weighted by Gasteiger charge is 2.63. The van der Waals surface area contributed by atoms with Gasteiger partial charge in [0.2, 0.25) is 6.10 Å². The topological polar surface area (TPSA) is 139 Å². The summed E-state index contributed by atoms with van der Waals surface area (Å²) >= 11 is 0. The van der Waals surface area contributed by atoms with Gasteiger partial charge in [-0.15, -0.1) is 10.1 Å². The molecule has 126 valence electrons. The molecule has 10 nitrogen and oxygen atoms in total. The molecule has 1 rings (SSSR count). The van der Waals surface area contributed by atoms with E-state index in [1.807, 2.05) is 0 Å². The van der Waals surface area contributed by atoms with Crippen molar-refractivity contribution >= 4 is 0 Å².